The van der Waals surface area contributed by atoms with Crippen molar-refractivity contribution >= 4 is 11.6 Å². The molecular weight excluding hydrogens is 312 g/mol. The molecule has 4 rings (SSSR count). The molecule has 3 aliphatic heterocycles. The molecule has 3 fully saturated rings. The van der Waals surface area contributed by atoms with E-state index in [2.05, 4.69) is 16.8 Å². The molecule has 4 nitrogen and oxygen atoms in total. The molecule has 0 N–H and O–H groups in total. The molecule has 3 aliphatic rings. The number of hydrogen-bond acceptors (Lipinski definition) is 4. The first-order valence-electron chi connectivity index (χ1n) is 8.52. The van der Waals surface area contributed by atoms with Gasteiger partial charge in [-0.25, -0.2) is 0 Å². The summed E-state index contributed by atoms with van der Waals surface area (Å²) >= 11 is 6.48. The van der Waals surface area contributed by atoms with E-state index in [1.807, 2.05) is 19.1 Å². The van der Waals surface area contributed by atoms with Gasteiger partial charge in [0.25, 0.3) is 0 Å². The molecule has 2 bridgehead atoms. The minimum atomic E-state index is 0.621. The van der Waals surface area contributed by atoms with E-state index in [4.69, 9.17) is 21.1 Å². The Labute approximate surface area is 144 Å². The summed E-state index contributed by atoms with van der Waals surface area (Å²) in [6.07, 6.45) is 2.67. The van der Waals surface area contributed by atoms with Crippen LogP contribution in [-0.2, 0) is 6.54 Å². The van der Waals surface area contributed by atoms with E-state index in [1.54, 1.807) is 7.11 Å². The highest BCUT2D eigenvalue weighted by atomic mass is 35.5. The van der Waals surface area contributed by atoms with Gasteiger partial charge in [0.2, 0.25) is 0 Å². The highest BCUT2D eigenvalue weighted by molar-refractivity contribution is 6.31. The third-order valence-electron chi connectivity index (χ3n) is 5.09. The van der Waals surface area contributed by atoms with Gasteiger partial charge in [-0.2, -0.15) is 0 Å². The van der Waals surface area contributed by atoms with E-state index >= 15 is 0 Å². The largest absolute Gasteiger partial charge is 0.493 e. The lowest BCUT2D eigenvalue weighted by molar-refractivity contribution is 0.165. The number of likely N-dealkylation sites (N-methyl/N-ethyl adjacent to an activating group) is 1. The van der Waals surface area contributed by atoms with E-state index in [0.717, 1.165) is 41.9 Å². The van der Waals surface area contributed by atoms with Gasteiger partial charge in [0.05, 0.1) is 13.7 Å². The number of methoxy groups -OCH3 is 1. The van der Waals surface area contributed by atoms with Gasteiger partial charge in [-0.1, -0.05) is 11.6 Å². The van der Waals surface area contributed by atoms with Crippen molar-refractivity contribution < 1.29 is 9.47 Å². The van der Waals surface area contributed by atoms with Crippen LogP contribution in [0.2, 0.25) is 5.02 Å². The monoisotopic (exact) mass is 338 g/mol. The van der Waals surface area contributed by atoms with Crippen molar-refractivity contribution in [1.29, 1.82) is 0 Å². The van der Waals surface area contributed by atoms with E-state index in [1.165, 1.54) is 19.4 Å². The molecular formula is C18H27ClN2O2. The fourth-order valence-corrected chi connectivity index (χ4v) is 4.12. The number of hydrogen-bond donors (Lipinski definition) is 0. The van der Waals surface area contributed by atoms with Gasteiger partial charge in [0, 0.05) is 43.3 Å². The van der Waals surface area contributed by atoms with Crippen LogP contribution in [0.15, 0.2) is 12.1 Å². The molecule has 0 aliphatic carbocycles. The smallest absolute Gasteiger partial charge is 0.162 e. The molecule has 5 heteroatoms. The topological polar surface area (TPSA) is 24.9 Å². The quantitative estimate of drug-likeness (QED) is 0.822. The first kappa shape index (κ1) is 16.9. The molecule has 0 unspecified atom stereocenters. The lowest BCUT2D eigenvalue weighted by Crippen LogP contribution is -2.40. The number of fused-ring (bicyclic) bond motifs is 4. The Hall–Kier alpha value is -0.970. The van der Waals surface area contributed by atoms with Crippen LogP contribution in [0.4, 0.5) is 0 Å². The Kier molecular flexibility index (Phi) is 5.34. The molecule has 3 saturated heterocycles. The van der Waals surface area contributed by atoms with Crippen molar-refractivity contribution in [3.63, 3.8) is 0 Å². The second-order valence-electron chi connectivity index (χ2n) is 6.76. The molecule has 3 heterocycles. The normalized spacial score (nSPS) is 25.4. The third-order valence-corrected chi connectivity index (χ3v) is 5.44. The predicted octanol–water partition coefficient (Wildman–Crippen LogP) is 3.27. The average molecular weight is 339 g/mol. The van der Waals surface area contributed by atoms with E-state index in [-0.39, 0.29) is 0 Å². The fraction of sp³-hybridized carbons (Fsp3) is 0.667. The Bertz CT molecular complexity index is 552. The van der Waals surface area contributed by atoms with E-state index in [9.17, 15) is 0 Å². The number of piperidine rings is 1. The molecule has 0 radical (unpaired) electrons. The number of rotatable bonds is 5. The van der Waals surface area contributed by atoms with Gasteiger partial charge in [-0.3, -0.25) is 4.90 Å². The van der Waals surface area contributed by atoms with Gasteiger partial charge < -0.3 is 14.4 Å². The summed E-state index contributed by atoms with van der Waals surface area (Å²) in [7, 11) is 3.91. The zero-order valence-corrected chi connectivity index (χ0v) is 15.1. The van der Waals surface area contributed by atoms with Crippen LogP contribution in [0.1, 0.15) is 25.3 Å². The van der Waals surface area contributed by atoms with Crippen molar-refractivity contribution in [3.8, 4) is 11.5 Å². The van der Waals surface area contributed by atoms with Crippen molar-refractivity contribution in [3.05, 3.63) is 22.7 Å². The zero-order valence-electron chi connectivity index (χ0n) is 14.3. The summed E-state index contributed by atoms with van der Waals surface area (Å²) in [5.41, 5.74) is 1.12. The Morgan fingerprint density at radius 1 is 1.17 bits per heavy atom. The molecule has 1 aromatic carbocycles. The van der Waals surface area contributed by atoms with Crippen LogP contribution in [0.5, 0.6) is 11.5 Å². The minimum absolute atomic E-state index is 0.621. The highest BCUT2D eigenvalue weighted by Gasteiger charge is 2.32. The number of ether oxygens (including phenoxy) is 2. The maximum absolute atomic E-state index is 6.48. The van der Waals surface area contributed by atoms with Gasteiger partial charge in [0.1, 0.15) is 0 Å². The van der Waals surface area contributed by atoms with Crippen LogP contribution in [0, 0.1) is 5.92 Å². The second-order valence-corrected chi connectivity index (χ2v) is 7.17. The standard InChI is InChI=1S/C18H27ClN2O2/c1-4-23-18-7-14(16(19)8-17(18)22-3)11-21-10-13-5-6-15(12-21)20(2)9-13/h7-8,13,15H,4-6,9-12H2,1-3H3/t13-,15-/m1/s1. The lowest BCUT2D eigenvalue weighted by atomic mass is 9.96. The van der Waals surface area contributed by atoms with Crippen LogP contribution < -0.4 is 9.47 Å². The van der Waals surface area contributed by atoms with E-state index < -0.39 is 0 Å². The molecule has 0 amide bonds. The Morgan fingerprint density at radius 2 is 2.00 bits per heavy atom. The highest BCUT2D eigenvalue weighted by Crippen LogP contribution is 2.35. The Balaban J connectivity index is 1.78. The third kappa shape index (κ3) is 3.76. The van der Waals surface area contributed by atoms with Crippen LogP contribution in [0.25, 0.3) is 0 Å². The molecule has 128 valence electrons. The summed E-state index contributed by atoms with van der Waals surface area (Å²) < 4.78 is 11.1. The summed E-state index contributed by atoms with van der Waals surface area (Å²) in [6, 6.07) is 4.60. The van der Waals surface area contributed by atoms with Crippen molar-refractivity contribution in [2.24, 2.45) is 5.92 Å². The lowest BCUT2D eigenvalue weighted by Gasteiger charge is -2.32. The molecule has 0 spiro atoms. The summed E-state index contributed by atoms with van der Waals surface area (Å²) in [6.45, 7) is 6.99. The van der Waals surface area contributed by atoms with Crippen molar-refractivity contribution in [2.75, 3.05) is 40.4 Å². The van der Waals surface area contributed by atoms with Gasteiger partial charge in [-0.15, -0.1) is 0 Å². The second kappa shape index (κ2) is 7.29. The maximum atomic E-state index is 6.48. The summed E-state index contributed by atoms with van der Waals surface area (Å²) in [4.78, 5) is 5.07. The van der Waals surface area contributed by atoms with Gasteiger partial charge in [-0.05, 0) is 44.4 Å². The van der Waals surface area contributed by atoms with Crippen molar-refractivity contribution in [1.82, 2.24) is 9.80 Å². The molecule has 2 atom stereocenters. The fourth-order valence-electron chi connectivity index (χ4n) is 3.91. The number of nitrogens with zero attached hydrogens (tertiary/aromatic N) is 2. The molecule has 0 saturated carbocycles. The minimum Gasteiger partial charge on any atom is -0.493 e. The summed E-state index contributed by atoms with van der Waals surface area (Å²) in [5, 5.41) is 0.759. The van der Waals surface area contributed by atoms with Gasteiger partial charge in [0.15, 0.2) is 11.5 Å². The Morgan fingerprint density at radius 3 is 2.70 bits per heavy atom. The van der Waals surface area contributed by atoms with Crippen molar-refractivity contribution in [2.45, 2.75) is 32.4 Å². The molecule has 1 aromatic rings. The first-order valence-corrected chi connectivity index (χ1v) is 8.90. The molecule has 23 heavy (non-hydrogen) atoms. The zero-order chi connectivity index (χ0) is 16.4. The SMILES string of the molecule is CCOc1cc(CN2C[C@@H]3CC[C@H](C2)N(C)C3)c(Cl)cc1OC. The van der Waals surface area contributed by atoms with Crippen LogP contribution >= 0.6 is 11.6 Å². The van der Waals surface area contributed by atoms with Crippen LogP contribution in [0.3, 0.4) is 0 Å². The summed E-state index contributed by atoms with van der Waals surface area (Å²) in [5.74, 6) is 2.27. The average Bonchev–Trinajstić information content (AvgIpc) is 2.80. The number of halogens is 1. The maximum Gasteiger partial charge on any atom is 0.162 e. The van der Waals surface area contributed by atoms with E-state index in [0.29, 0.717) is 18.4 Å². The van der Waals surface area contributed by atoms with Gasteiger partial charge >= 0.3 is 0 Å². The first-order chi connectivity index (χ1) is 11.1. The predicted molar refractivity (Wildman–Crippen MR) is 93.6 cm³/mol. The number of benzene rings is 1. The molecule has 0 aromatic heterocycles. The van der Waals surface area contributed by atoms with Crippen LogP contribution in [-0.4, -0.2) is 56.2 Å².